The first kappa shape index (κ1) is 13.4. The van der Waals surface area contributed by atoms with Gasteiger partial charge in [-0.25, -0.2) is 0 Å². The first-order chi connectivity index (χ1) is 8.22. The van der Waals surface area contributed by atoms with Crippen LogP contribution in [0.3, 0.4) is 0 Å². The van der Waals surface area contributed by atoms with Crippen molar-refractivity contribution in [2.45, 2.75) is 26.4 Å². The molecule has 0 spiro atoms. The van der Waals surface area contributed by atoms with Crippen molar-refractivity contribution in [1.29, 1.82) is 0 Å². The molecule has 0 aliphatic rings. The minimum absolute atomic E-state index is 0.0964. The molecule has 0 radical (unpaired) electrons. The minimum atomic E-state index is -0.480. The van der Waals surface area contributed by atoms with Gasteiger partial charge in [0.25, 0.3) is 5.91 Å². The third-order valence-electron chi connectivity index (χ3n) is 2.35. The Balaban J connectivity index is 2.76. The van der Waals surface area contributed by atoms with Crippen LogP contribution in [0.5, 0.6) is 11.5 Å². The number of hydrogen-bond donors (Lipinski definition) is 1. The largest absolute Gasteiger partial charge is 0.493 e. The Bertz CT molecular complexity index is 365. The fraction of sp³-hybridized carbons (Fsp3) is 0.462. The third kappa shape index (κ3) is 3.66. The molecule has 0 fully saturated rings. The summed E-state index contributed by atoms with van der Waals surface area (Å²) in [5.74, 6) is 1.13. The first-order valence-corrected chi connectivity index (χ1v) is 5.80. The number of carbonyl (C=O) groups is 1. The number of para-hydroxylation sites is 2. The second-order valence-electron chi connectivity index (χ2n) is 3.56. The molecule has 0 saturated heterocycles. The van der Waals surface area contributed by atoms with Crippen LogP contribution in [0.25, 0.3) is 0 Å². The quantitative estimate of drug-likeness (QED) is 0.823. The molecule has 4 heteroatoms. The van der Waals surface area contributed by atoms with Gasteiger partial charge in [-0.1, -0.05) is 19.1 Å². The zero-order chi connectivity index (χ0) is 12.7. The fourth-order valence-electron chi connectivity index (χ4n) is 1.48. The molecule has 1 amide bonds. The van der Waals surface area contributed by atoms with Gasteiger partial charge in [0.15, 0.2) is 17.6 Å². The lowest BCUT2D eigenvalue weighted by Crippen LogP contribution is -2.37. The molecule has 1 N–H and O–H groups in total. The van der Waals surface area contributed by atoms with Gasteiger partial charge in [-0.15, -0.1) is 0 Å². The summed E-state index contributed by atoms with van der Waals surface area (Å²) in [6.07, 6.45) is 0.135. The predicted octanol–water partition coefficient (Wildman–Crippen LogP) is 1.99. The molecule has 0 heterocycles. The van der Waals surface area contributed by atoms with Gasteiger partial charge < -0.3 is 14.8 Å². The summed E-state index contributed by atoms with van der Waals surface area (Å²) in [6.45, 7) is 4.40. The van der Waals surface area contributed by atoms with Crippen molar-refractivity contribution in [2.75, 3.05) is 13.7 Å². The molecule has 94 valence electrons. The van der Waals surface area contributed by atoms with E-state index in [4.69, 9.17) is 9.47 Å². The van der Waals surface area contributed by atoms with Crippen molar-refractivity contribution in [3.8, 4) is 11.5 Å². The van der Waals surface area contributed by atoms with E-state index < -0.39 is 6.10 Å². The van der Waals surface area contributed by atoms with E-state index in [1.807, 2.05) is 26.0 Å². The third-order valence-corrected chi connectivity index (χ3v) is 2.35. The Kier molecular flexibility index (Phi) is 5.33. The first-order valence-electron chi connectivity index (χ1n) is 5.80. The van der Waals surface area contributed by atoms with Crippen LogP contribution in [0, 0.1) is 0 Å². The molecular formula is C13H19NO3. The van der Waals surface area contributed by atoms with E-state index in [0.717, 1.165) is 0 Å². The summed E-state index contributed by atoms with van der Waals surface area (Å²) in [6, 6.07) is 7.31. The highest BCUT2D eigenvalue weighted by molar-refractivity contribution is 5.81. The van der Waals surface area contributed by atoms with Crippen LogP contribution >= 0.6 is 0 Å². The number of ether oxygens (including phenoxy) is 2. The topological polar surface area (TPSA) is 47.6 Å². The van der Waals surface area contributed by atoms with Gasteiger partial charge in [0.05, 0.1) is 7.11 Å². The second kappa shape index (κ2) is 6.78. The van der Waals surface area contributed by atoms with Crippen molar-refractivity contribution in [3.05, 3.63) is 24.3 Å². The van der Waals surface area contributed by atoms with Gasteiger partial charge in [0.1, 0.15) is 0 Å². The summed E-state index contributed by atoms with van der Waals surface area (Å²) >= 11 is 0. The van der Waals surface area contributed by atoms with Crippen molar-refractivity contribution >= 4 is 5.91 Å². The molecular weight excluding hydrogens is 218 g/mol. The van der Waals surface area contributed by atoms with E-state index in [1.165, 1.54) is 0 Å². The van der Waals surface area contributed by atoms with Crippen LogP contribution in [0.4, 0.5) is 0 Å². The standard InChI is InChI=1S/C13H19NO3/c1-4-10(13(15)14-5-2)17-12-9-7-6-8-11(12)16-3/h6-10H,4-5H2,1-3H3,(H,14,15). The van der Waals surface area contributed by atoms with E-state index in [2.05, 4.69) is 5.32 Å². The molecule has 1 aromatic carbocycles. The Morgan fingerprint density at radius 1 is 1.29 bits per heavy atom. The fourth-order valence-corrected chi connectivity index (χ4v) is 1.48. The van der Waals surface area contributed by atoms with Crippen molar-refractivity contribution in [2.24, 2.45) is 0 Å². The van der Waals surface area contributed by atoms with Crippen LogP contribution < -0.4 is 14.8 Å². The monoisotopic (exact) mass is 237 g/mol. The minimum Gasteiger partial charge on any atom is -0.493 e. The predicted molar refractivity (Wildman–Crippen MR) is 66.4 cm³/mol. The smallest absolute Gasteiger partial charge is 0.261 e. The van der Waals surface area contributed by atoms with E-state index in [1.54, 1.807) is 19.2 Å². The summed E-state index contributed by atoms with van der Waals surface area (Å²) in [5, 5.41) is 2.75. The van der Waals surface area contributed by atoms with Crippen LogP contribution in [0.1, 0.15) is 20.3 Å². The van der Waals surface area contributed by atoms with Crippen molar-refractivity contribution in [3.63, 3.8) is 0 Å². The highest BCUT2D eigenvalue weighted by atomic mass is 16.5. The SMILES string of the molecule is CCNC(=O)C(CC)Oc1ccccc1OC. The average Bonchev–Trinajstić information content (AvgIpc) is 2.36. The van der Waals surface area contributed by atoms with Gasteiger partial charge >= 0.3 is 0 Å². The number of rotatable bonds is 6. The van der Waals surface area contributed by atoms with Gasteiger partial charge in [-0.05, 0) is 25.5 Å². The van der Waals surface area contributed by atoms with E-state index in [0.29, 0.717) is 24.5 Å². The number of hydrogen-bond acceptors (Lipinski definition) is 3. The molecule has 0 aliphatic heterocycles. The lowest BCUT2D eigenvalue weighted by Gasteiger charge is -2.18. The molecule has 0 bridgehead atoms. The number of nitrogens with one attached hydrogen (secondary N) is 1. The molecule has 17 heavy (non-hydrogen) atoms. The van der Waals surface area contributed by atoms with Crippen LogP contribution in [0.15, 0.2) is 24.3 Å². The van der Waals surface area contributed by atoms with Gasteiger partial charge in [-0.3, -0.25) is 4.79 Å². The zero-order valence-electron chi connectivity index (χ0n) is 10.5. The lowest BCUT2D eigenvalue weighted by molar-refractivity contribution is -0.128. The Hall–Kier alpha value is -1.71. The summed E-state index contributed by atoms with van der Waals surface area (Å²) in [5.41, 5.74) is 0. The molecule has 0 aliphatic carbocycles. The zero-order valence-corrected chi connectivity index (χ0v) is 10.5. The highest BCUT2D eigenvalue weighted by Gasteiger charge is 2.18. The molecule has 1 rings (SSSR count). The molecule has 0 aromatic heterocycles. The van der Waals surface area contributed by atoms with Crippen LogP contribution in [-0.4, -0.2) is 25.7 Å². The van der Waals surface area contributed by atoms with E-state index >= 15 is 0 Å². The van der Waals surface area contributed by atoms with Gasteiger partial charge in [0.2, 0.25) is 0 Å². The van der Waals surface area contributed by atoms with Crippen LogP contribution in [0.2, 0.25) is 0 Å². The van der Waals surface area contributed by atoms with E-state index in [9.17, 15) is 4.79 Å². The van der Waals surface area contributed by atoms with Gasteiger partial charge in [0, 0.05) is 6.54 Å². The van der Waals surface area contributed by atoms with E-state index in [-0.39, 0.29) is 5.91 Å². The number of likely N-dealkylation sites (N-methyl/N-ethyl adjacent to an activating group) is 1. The maximum atomic E-state index is 11.7. The summed E-state index contributed by atoms with van der Waals surface area (Å²) in [7, 11) is 1.58. The Labute approximate surface area is 102 Å². The Morgan fingerprint density at radius 3 is 2.47 bits per heavy atom. The van der Waals surface area contributed by atoms with Crippen molar-refractivity contribution in [1.82, 2.24) is 5.32 Å². The maximum Gasteiger partial charge on any atom is 0.261 e. The second-order valence-corrected chi connectivity index (χ2v) is 3.56. The molecule has 1 atom stereocenters. The van der Waals surface area contributed by atoms with Gasteiger partial charge in [-0.2, -0.15) is 0 Å². The number of carbonyl (C=O) groups excluding carboxylic acids is 1. The lowest BCUT2D eigenvalue weighted by atomic mass is 10.2. The summed E-state index contributed by atoms with van der Waals surface area (Å²) in [4.78, 5) is 11.7. The van der Waals surface area contributed by atoms with Crippen molar-refractivity contribution < 1.29 is 14.3 Å². The number of benzene rings is 1. The Morgan fingerprint density at radius 2 is 1.94 bits per heavy atom. The highest BCUT2D eigenvalue weighted by Crippen LogP contribution is 2.27. The average molecular weight is 237 g/mol. The number of methoxy groups -OCH3 is 1. The molecule has 1 unspecified atom stereocenters. The van der Waals surface area contributed by atoms with Crippen LogP contribution in [-0.2, 0) is 4.79 Å². The summed E-state index contributed by atoms with van der Waals surface area (Å²) < 4.78 is 10.8. The molecule has 1 aromatic rings. The molecule has 0 saturated carbocycles. The number of amides is 1. The normalized spacial score (nSPS) is 11.7. The maximum absolute atomic E-state index is 11.7. The molecule has 4 nitrogen and oxygen atoms in total.